The van der Waals surface area contributed by atoms with Crippen LogP contribution in [-0.2, 0) is 19.6 Å². The molecule has 0 saturated heterocycles. The van der Waals surface area contributed by atoms with Crippen LogP contribution < -0.4 is 5.73 Å². The van der Waals surface area contributed by atoms with E-state index in [9.17, 15) is 13.2 Å². The Morgan fingerprint density at radius 2 is 1.74 bits per heavy atom. The Hall–Kier alpha value is -1.44. The van der Waals surface area contributed by atoms with Crippen LogP contribution in [0.15, 0.2) is 29.2 Å². The molecule has 0 spiro atoms. The Kier molecular flexibility index (Phi) is 7.67. The second kappa shape index (κ2) is 9.00. The third-order valence-corrected chi connectivity index (χ3v) is 4.39. The van der Waals surface area contributed by atoms with Gasteiger partial charge in [-0.05, 0) is 51.7 Å². The first-order chi connectivity index (χ1) is 10.7. The predicted molar refractivity (Wildman–Crippen MR) is 87.6 cm³/mol. The molecule has 1 aliphatic carbocycles. The van der Waals surface area contributed by atoms with Crippen molar-refractivity contribution in [1.82, 2.24) is 0 Å². The zero-order valence-corrected chi connectivity index (χ0v) is 14.4. The van der Waals surface area contributed by atoms with Gasteiger partial charge in [-0.2, -0.15) is 8.42 Å². The van der Waals surface area contributed by atoms with Gasteiger partial charge in [0.05, 0.1) is 4.90 Å². The van der Waals surface area contributed by atoms with Crippen molar-refractivity contribution in [3.63, 3.8) is 0 Å². The van der Waals surface area contributed by atoms with Crippen LogP contribution >= 0.6 is 0 Å². The smallest absolute Gasteiger partial charge is 0.322 e. The van der Waals surface area contributed by atoms with Crippen LogP contribution in [0.2, 0.25) is 0 Å². The Balaban J connectivity index is 0.000000231. The van der Waals surface area contributed by atoms with Gasteiger partial charge in [0.15, 0.2) is 0 Å². The lowest BCUT2D eigenvalue weighted by Gasteiger charge is -2.22. The summed E-state index contributed by atoms with van der Waals surface area (Å²) in [5.41, 5.74) is 6.33. The molecule has 0 amide bonds. The van der Waals surface area contributed by atoms with Crippen molar-refractivity contribution in [2.75, 3.05) is 0 Å². The van der Waals surface area contributed by atoms with Crippen LogP contribution in [0.5, 0.6) is 0 Å². The van der Waals surface area contributed by atoms with E-state index in [0.29, 0.717) is 0 Å². The van der Waals surface area contributed by atoms with Gasteiger partial charge in [-0.3, -0.25) is 9.35 Å². The third kappa shape index (κ3) is 7.58. The second-order valence-corrected chi connectivity index (χ2v) is 7.20. The highest BCUT2D eigenvalue weighted by atomic mass is 32.2. The molecule has 1 fully saturated rings. The van der Waals surface area contributed by atoms with E-state index >= 15 is 0 Å². The minimum Gasteiger partial charge on any atom is -0.461 e. The molecule has 0 heterocycles. The van der Waals surface area contributed by atoms with Gasteiger partial charge in [-0.25, -0.2) is 0 Å². The standard InChI is InChI=1S/C9H17NO2.C7H8O3S/c1-7(10)9(11)12-8-5-3-2-4-6-8;1-6-2-4-7(5-3-6)11(8,9)10/h7-8H,2-6,10H2,1H3;2-5H,1H3,(H,8,9,10)/t7-;/m0./s1. The molecule has 0 bridgehead atoms. The summed E-state index contributed by atoms with van der Waals surface area (Å²) in [7, 11) is -4.02. The van der Waals surface area contributed by atoms with Crippen molar-refractivity contribution in [3.05, 3.63) is 29.8 Å². The molecular weight excluding hydrogens is 318 g/mol. The average Bonchev–Trinajstić information content (AvgIpc) is 2.48. The number of hydrogen-bond donors (Lipinski definition) is 2. The van der Waals surface area contributed by atoms with Gasteiger partial charge < -0.3 is 10.5 Å². The topological polar surface area (TPSA) is 107 Å². The summed E-state index contributed by atoms with van der Waals surface area (Å²) in [6.07, 6.45) is 5.79. The summed E-state index contributed by atoms with van der Waals surface area (Å²) in [6.45, 7) is 3.50. The quantitative estimate of drug-likeness (QED) is 0.645. The van der Waals surface area contributed by atoms with Crippen molar-refractivity contribution in [3.8, 4) is 0 Å². The minimum atomic E-state index is -4.02. The van der Waals surface area contributed by atoms with Crippen molar-refractivity contribution < 1.29 is 22.5 Å². The predicted octanol–water partition coefficient (Wildman–Crippen LogP) is 2.45. The minimum absolute atomic E-state index is 0.0666. The van der Waals surface area contributed by atoms with E-state index in [1.54, 1.807) is 19.1 Å². The molecule has 0 unspecified atom stereocenters. The van der Waals surface area contributed by atoms with Gasteiger partial charge >= 0.3 is 5.97 Å². The van der Waals surface area contributed by atoms with Gasteiger partial charge in [0, 0.05) is 0 Å². The molecule has 130 valence electrons. The zero-order chi connectivity index (χ0) is 17.5. The van der Waals surface area contributed by atoms with E-state index in [0.717, 1.165) is 18.4 Å². The van der Waals surface area contributed by atoms with E-state index < -0.39 is 16.2 Å². The fourth-order valence-electron chi connectivity index (χ4n) is 2.16. The number of nitrogens with two attached hydrogens (primary N) is 1. The fourth-order valence-corrected chi connectivity index (χ4v) is 2.64. The molecule has 0 aromatic heterocycles. The molecule has 1 atom stereocenters. The zero-order valence-electron chi connectivity index (χ0n) is 13.6. The van der Waals surface area contributed by atoms with E-state index in [1.165, 1.54) is 31.4 Å². The summed E-state index contributed by atoms with van der Waals surface area (Å²) in [5, 5.41) is 0. The lowest BCUT2D eigenvalue weighted by molar-refractivity contribution is -0.151. The number of carbonyl (C=O) groups is 1. The van der Waals surface area contributed by atoms with Crippen LogP contribution in [0.4, 0.5) is 0 Å². The van der Waals surface area contributed by atoms with Gasteiger partial charge in [0.2, 0.25) is 0 Å². The van der Waals surface area contributed by atoms with Crippen molar-refractivity contribution in [2.24, 2.45) is 5.73 Å². The number of rotatable bonds is 3. The Labute approximate surface area is 137 Å². The average molecular weight is 343 g/mol. The molecular formula is C16H25NO5S. The molecule has 1 aliphatic rings. The molecule has 3 N–H and O–H groups in total. The van der Waals surface area contributed by atoms with Gasteiger partial charge in [-0.15, -0.1) is 0 Å². The lowest BCUT2D eigenvalue weighted by Crippen LogP contribution is -2.32. The second-order valence-electron chi connectivity index (χ2n) is 5.77. The first-order valence-corrected chi connectivity index (χ1v) is 9.14. The summed E-state index contributed by atoms with van der Waals surface area (Å²) in [4.78, 5) is 11.0. The number of hydrogen-bond acceptors (Lipinski definition) is 5. The Morgan fingerprint density at radius 3 is 2.17 bits per heavy atom. The normalized spacial score (nSPS) is 16.9. The van der Waals surface area contributed by atoms with Crippen LogP contribution in [0, 0.1) is 6.92 Å². The maximum atomic E-state index is 11.1. The Morgan fingerprint density at radius 1 is 1.22 bits per heavy atom. The molecule has 6 nitrogen and oxygen atoms in total. The summed E-state index contributed by atoms with van der Waals surface area (Å²) < 4.78 is 34.7. The van der Waals surface area contributed by atoms with Crippen LogP contribution in [0.1, 0.15) is 44.6 Å². The number of carbonyl (C=O) groups excluding carboxylic acids is 1. The summed E-state index contributed by atoms with van der Waals surface area (Å²) in [5.74, 6) is -0.262. The monoisotopic (exact) mass is 343 g/mol. The van der Waals surface area contributed by atoms with E-state index in [2.05, 4.69) is 0 Å². The Bertz CT molecular complexity index is 589. The van der Waals surface area contributed by atoms with Crippen LogP contribution in [0.25, 0.3) is 0 Å². The molecule has 2 rings (SSSR count). The number of esters is 1. The molecule has 0 aliphatic heterocycles. The van der Waals surface area contributed by atoms with Crippen LogP contribution in [0.3, 0.4) is 0 Å². The first kappa shape index (κ1) is 19.6. The number of aryl methyl sites for hydroxylation is 1. The van der Waals surface area contributed by atoms with Crippen LogP contribution in [-0.4, -0.2) is 31.1 Å². The van der Waals surface area contributed by atoms with Gasteiger partial charge in [0.1, 0.15) is 12.1 Å². The van der Waals surface area contributed by atoms with Gasteiger partial charge in [-0.1, -0.05) is 24.1 Å². The molecule has 23 heavy (non-hydrogen) atoms. The highest BCUT2D eigenvalue weighted by Gasteiger charge is 2.19. The maximum Gasteiger partial charge on any atom is 0.322 e. The highest BCUT2D eigenvalue weighted by molar-refractivity contribution is 7.85. The lowest BCUT2D eigenvalue weighted by atomic mass is 9.98. The number of benzene rings is 1. The fraction of sp³-hybridized carbons (Fsp3) is 0.562. The number of ether oxygens (including phenoxy) is 1. The van der Waals surface area contributed by atoms with Crippen molar-refractivity contribution in [2.45, 2.75) is 63.0 Å². The van der Waals surface area contributed by atoms with Gasteiger partial charge in [0.25, 0.3) is 10.1 Å². The summed E-state index contributed by atoms with van der Waals surface area (Å²) >= 11 is 0. The summed E-state index contributed by atoms with van der Waals surface area (Å²) in [6, 6.07) is 5.51. The van der Waals surface area contributed by atoms with E-state index in [4.69, 9.17) is 15.0 Å². The molecule has 0 radical (unpaired) electrons. The van der Waals surface area contributed by atoms with Crippen molar-refractivity contribution in [1.29, 1.82) is 0 Å². The third-order valence-electron chi connectivity index (χ3n) is 3.53. The largest absolute Gasteiger partial charge is 0.461 e. The SMILES string of the molecule is C[C@H](N)C(=O)OC1CCCCC1.Cc1ccc(S(=O)(=O)O)cc1. The maximum absolute atomic E-state index is 11.1. The van der Waals surface area contributed by atoms with E-state index in [1.807, 2.05) is 6.92 Å². The van der Waals surface area contributed by atoms with Crippen molar-refractivity contribution >= 4 is 16.1 Å². The molecule has 1 aromatic carbocycles. The molecule has 1 saturated carbocycles. The molecule has 7 heteroatoms. The van der Waals surface area contributed by atoms with E-state index in [-0.39, 0.29) is 17.0 Å². The first-order valence-electron chi connectivity index (χ1n) is 7.70. The molecule has 1 aromatic rings. The highest BCUT2D eigenvalue weighted by Crippen LogP contribution is 2.20.